The Morgan fingerprint density at radius 1 is 1.38 bits per heavy atom. The van der Waals surface area contributed by atoms with Gasteiger partial charge in [0, 0.05) is 31.9 Å². The molecule has 0 unspecified atom stereocenters. The van der Waals surface area contributed by atoms with Crippen molar-refractivity contribution in [2.45, 2.75) is 13.0 Å². The predicted molar refractivity (Wildman–Crippen MR) is 78.1 cm³/mol. The third kappa shape index (κ3) is 3.79. The topological polar surface area (TPSA) is 91.5 Å². The number of anilines is 1. The van der Waals surface area contributed by atoms with E-state index in [0.717, 1.165) is 11.3 Å². The van der Waals surface area contributed by atoms with Crippen molar-refractivity contribution < 1.29 is 14.4 Å². The van der Waals surface area contributed by atoms with Crippen LogP contribution in [0.2, 0.25) is 0 Å². The second kappa shape index (κ2) is 6.36. The summed E-state index contributed by atoms with van der Waals surface area (Å²) in [5, 5.41) is 15.4. The van der Waals surface area contributed by atoms with Gasteiger partial charge in [-0.3, -0.25) is 4.79 Å². The molecule has 7 heteroatoms. The summed E-state index contributed by atoms with van der Waals surface area (Å²) < 4.78 is 4.93. The first-order chi connectivity index (χ1) is 9.97. The first-order valence-corrected chi connectivity index (χ1v) is 6.55. The molecule has 2 rings (SSSR count). The minimum atomic E-state index is -0.630. The van der Waals surface area contributed by atoms with Gasteiger partial charge in [-0.05, 0) is 31.2 Å². The van der Waals surface area contributed by atoms with E-state index in [1.54, 1.807) is 6.92 Å². The Kier molecular flexibility index (Phi) is 4.54. The lowest BCUT2D eigenvalue weighted by Crippen LogP contribution is -2.30. The van der Waals surface area contributed by atoms with Crippen molar-refractivity contribution in [2.75, 3.05) is 25.5 Å². The van der Waals surface area contributed by atoms with Crippen LogP contribution in [0, 0.1) is 0 Å². The molecule has 0 spiro atoms. The van der Waals surface area contributed by atoms with Crippen molar-refractivity contribution >= 4 is 11.6 Å². The van der Waals surface area contributed by atoms with E-state index in [2.05, 4.69) is 15.5 Å². The van der Waals surface area contributed by atoms with Crippen molar-refractivity contribution in [3.8, 4) is 11.4 Å². The number of carbonyl (C=O) groups is 1. The molecule has 7 nitrogen and oxygen atoms in total. The average molecular weight is 290 g/mol. The minimum absolute atomic E-state index is 0.123. The van der Waals surface area contributed by atoms with Crippen LogP contribution in [-0.4, -0.2) is 47.9 Å². The molecule has 1 amide bonds. The highest BCUT2D eigenvalue weighted by molar-refractivity contribution is 5.89. The van der Waals surface area contributed by atoms with Gasteiger partial charge < -0.3 is 19.8 Å². The molecular weight excluding hydrogens is 272 g/mol. The minimum Gasteiger partial charge on any atom is -0.392 e. The number of nitrogens with one attached hydrogen (secondary N) is 1. The van der Waals surface area contributed by atoms with Crippen LogP contribution in [0.4, 0.5) is 5.69 Å². The van der Waals surface area contributed by atoms with Gasteiger partial charge in [-0.15, -0.1) is 0 Å². The molecule has 1 aromatic heterocycles. The molecule has 0 fully saturated rings. The van der Waals surface area contributed by atoms with E-state index in [9.17, 15) is 4.79 Å². The van der Waals surface area contributed by atoms with Crippen LogP contribution in [0.5, 0.6) is 0 Å². The van der Waals surface area contributed by atoms with Gasteiger partial charge in [0.05, 0.1) is 6.10 Å². The second-order valence-corrected chi connectivity index (χ2v) is 4.92. The third-order valence-electron chi connectivity index (χ3n) is 2.82. The van der Waals surface area contributed by atoms with Crippen LogP contribution >= 0.6 is 0 Å². The molecular formula is C14H18N4O3. The van der Waals surface area contributed by atoms with Crippen molar-refractivity contribution in [2.24, 2.45) is 0 Å². The fourth-order valence-electron chi connectivity index (χ4n) is 1.66. The van der Waals surface area contributed by atoms with Crippen LogP contribution in [0.15, 0.2) is 28.8 Å². The van der Waals surface area contributed by atoms with Crippen molar-refractivity contribution in [3.05, 3.63) is 30.2 Å². The smallest absolute Gasteiger partial charge is 0.316 e. The largest absolute Gasteiger partial charge is 0.392 e. The maximum atomic E-state index is 11.7. The monoisotopic (exact) mass is 290 g/mol. The quantitative estimate of drug-likeness (QED) is 0.850. The van der Waals surface area contributed by atoms with Crippen LogP contribution in [-0.2, 0) is 0 Å². The van der Waals surface area contributed by atoms with Gasteiger partial charge in [-0.25, -0.2) is 0 Å². The number of aliphatic hydroxyl groups excluding tert-OH is 1. The molecule has 0 bridgehead atoms. The normalized spacial score (nSPS) is 12.0. The number of benzene rings is 1. The summed E-state index contributed by atoms with van der Waals surface area (Å²) in [7, 11) is 3.90. The Balaban J connectivity index is 2.10. The molecule has 0 radical (unpaired) electrons. The first kappa shape index (κ1) is 15.0. The molecule has 21 heavy (non-hydrogen) atoms. The zero-order valence-electron chi connectivity index (χ0n) is 12.2. The molecule has 0 aliphatic carbocycles. The molecule has 1 aromatic carbocycles. The lowest BCUT2D eigenvalue weighted by molar-refractivity contribution is 0.0880. The summed E-state index contributed by atoms with van der Waals surface area (Å²) in [4.78, 5) is 17.7. The Morgan fingerprint density at radius 3 is 2.62 bits per heavy atom. The van der Waals surface area contributed by atoms with Gasteiger partial charge in [0.15, 0.2) is 0 Å². The fourth-order valence-corrected chi connectivity index (χ4v) is 1.66. The van der Waals surface area contributed by atoms with E-state index in [1.165, 1.54) is 0 Å². The van der Waals surface area contributed by atoms with Crippen molar-refractivity contribution in [3.63, 3.8) is 0 Å². The SMILES string of the molecule is C[C@H](O)CNC(=O)c1nc(-c2ccc(N(C)C)cc2)no1. The summed E-state index contributed by atoms with van der Waals surface area (Å²) in [5.41, 5.74) is 1.82. The number of rotatable bonds is 5. The van der Waals surface area contributed by atoms with E-state index >= 15 is 0 Å². The van der Waals surface area contributed by atoms with Crippen molar-refractivity contribution in [1.82, 2.24) is 15.5 Å². The van der Waals surface area contributed by atoms with Gasteiger partial charge in [0.1, 0.15) is 0 Å². The van der Waals surface area contributed by atoms with Crippen LogP contribution in [0.3, 0.4) is 0 Å². The molecule has 2 N–H and O–H groups in total. The second-order valence-electron chi connectivity index (χ2n) is 4.92. The number of aromatic nitrogens is 2. The number of hydrogen-bond acceptors (Lipinski definition) is 6. The molecule has 0 aliphatic rings. The van der Waals surface area contributed by atoms with E-state index < -0.39 is 12.0 Å². The number of aliphatic hydroxyl groups is 1. The van der Waals surface area contributed by atoms with Gasteiger partial charge in [0.25, 0.3) is 0 Å². The molecule has 0 aliphatic heterocycles. The lowest BCUT2D eigenvalue weighted by atomic mass is 10.2. The van der Waals surface area contributed by atoms with Gasteiger partial charge in [-0.2, -0.15) is 4.98 Å². The summed E-state index contributed by atoms with van der Waals surface area (Å²) in [6, 6.07) is 7.58. The molecule has 0 saturated heterocycles. The number of carbonyl (C=O) groups excluding carboxylic acids is 1. The number of amides is 1. The zero-order chi connectivity index (χ0) is 15.4. The maximum Gasteiger partial charge on any atom is 0.316 e. The summed E-state index contributed by atoms with van der Waals surface area (Å²) in [5.74, 6) is -0.274. The Bertz CT molecular complexity index is 605. The highest BCUT2D eigenvalue weighted by atomic mass is 16.5. The van der Waals surface area contributed by atoms with E-state index in [0.29, 0.717) is 5.82 Å². The molecule has 1 heterocycles. The van der Waals surface area contributed by atoms with Crippen LogP contribution in [0.25, 0.3) is 11.4 Å². The average Bonchev–Trinajstić information content (AvgIpc) is 2.94. The Hall–Kier alpha value is -2.41. The summed E-state index contributed by atoms with van der Waals surface area (Å²) >= 11 is 0. The van der Waals surface area contributed by atoms with E-state index in [1.807, 2.05) is 43.3 Å². The molecule has 1 atom stereocenters. The van der Waals surface area contributed by atoms with Gasteiger partial charge in [0.2, 0.25) is 5.82 Å². The molecule has 0 saturated carbocycles. The standard InChI is InChI=1S/C14H18N4O3/c1-9(19)8-15-13(20)14-16-12(17-21-14)10-4-6-11(7-5-10)18(2)3/h4-7,9,19H,8H2,1-3H3,(H,15,20)/t9-/m0/s1. The van der Waals surface area contributed by atoms with E-state index in [4.69, 9.17) is 9.63 Å². The van der Waals surface area contributed by atoms with Crippen LogP contribution < -0.4 is 10.2 Å². The molecule has 2 aromatic rings. The Labute approximate surface area is 122 Å². The zero-order valence-corrected chi connectivity index (χ0v) is 12.2. The van der Waals surface area contributed by atoms with Gasteiger partial charge >= 0.3 is 11.8 Å². The van der Waals surface area contributed by atoms with Crippen molar-refractivity contribution in [1.29, 1.82) is 0 Å². The molecule has 112 valence electrons. The van der Waals surface area contributed by atoms with E-state index in [-0.39, 0.29) is 12.4 Å². The fraction of sp³-hybridized carbons (Fsp3) is 0.357. The highest BCUT2D eigenvalue weighted by Crippen LogP contribution is 2.19. The highest BCUT2D eigenvalue weighted by Gasteiger charge is 2.16. The summed E-state index contributed by atoms with van der Waals surface area (Å²) in [6.45, 7) is 1.71. The number of nitrogens with zero attached hydrogens (tertiary/aromatic N) is 3. The van der Waals surface area contributed by atoms with Gasteiger partial charge in [-0.1, -0.05) is 5.16 Å². The third-order valence-corrected chi connectivity index (χ3v) is 2.82. The predicted octanol–water partition coefficient (Wildman–Crippen LogP) is 0.913. The lowest BCUT2D eigenvalue weighted by Gasteiger charge is -2.11. The van der Waals surface area contributed by atoms with Crippen LogP contribution in [0.1, 0.15) is 17.6 Å². The Morgan fingerprint density at radius 2 is 2.05 bits per heavy atom. The summed E-state index contributed by atoms with van der Waals surface area (Å²) in [6.07, 6.45) is -0.630. The first-order valence-electron chi connectivity index (χ1n) is 6.55. The number of hydrogen-bond donors (Lipinski definition) is 2. The maximum absolute atomic E-state index is 11.7.